The predicted octanol–water partition coefficient (Wildman–Crippen LogP) is 9.20. The molecule has 41 heavy (non-hydrogen) atoms. The summed E-state index contributed by atoms with van der Waals surface area (Å²) in [5, 5.41) is 0. The molecule has 0 fully saturated rings. The van der Waals surface area contributed by atoms with Crippen molar-refractivity contribution in [3.05, 3.63) is 102 Å². The molecule has 4 aromatic rings. The molecule has 5 rings (SSSR count). The van der Waals surface area contributed by atoms with E-state index in [0.717, 1.165) is 52.0 Å². The standard InChI is InChI=1S/C37H40O4/c1-7-40-35(38)27-15-13-25(14-16-27)28-17-18-29(26-11-9-8-10-12-26)30(21-28)31-22-32-33(23-34(31)41-24-39-6)37(4,5)20-19-36(32,2)3/h8-18,21-23H,7,19-20,24H2,1-6H3. The zero-order valence-electron chi connectivity index (χ0n) is 25.0. The number of rotatable bonds is 8. The van der Waals surface area contributed by atoms with Crippen molar-refractivity contribution in [2.24, 2.45) is 0 Å². The van der Waals surface area contributed by atoms with Crippen LogP contribution in [0.15, 0.2) is 84.9 Å². The Morgan fingerprint density at radius 3 is 1.98 bits per heavy atom. The van der Waals surface area contributed by atoms with Crippen LogP contribution in [-0.4, -0.2) is 26.5 Å². The molecular formula is C37H40O4. The highest BCUT2D eigenvalue weighted by Gasteiger charge is 2.38. The Balaban J connectivity index is 1.72. The van der Waals surface area contributed by atoms with Crippen LogP contribution in [0.25, 0.3) is 33.4 Å². The number of esters is 1. The quantitative estimate of drug-likeness (QED) is 0.163. The maximum Gasteiger partial charge on any atom is 0.338 e. The number of methoxy groups -OCH3 is 1. The fourth-order valence-corrected chi connectivity index (χ4v) is 5.88. The molecule has 0 amide bonds. The molecule has 0 unspecified atom stereocenters. The molecule has 0 radical (unpaired) electrons. The molecule has 0 bridgehead atoms. The fourth-order valence-electron chi connectivity index (χ4n) is 5.88. The van der Waals surface area contributed by atoms with Crippen molar-refractivity contribution in [2.75, 3.05) is 20.5 Å². The summed E-state index contributed by atoms with van der Waals surface area (Å²) >= 11 is 0. The van der Waals surface area contributed by atoms with E-state index in [2.05, 4.69) is 82.3 Å². The van der Waals surface area contributed by atoms with E-state index in [-0.39, 0.29) is 23.6 Å². The molecule has 0 heterocycles. The molecule has 4 nitrogen and oxygen atoms in total. The summed E-state index contributed by atoms with van der Waals surface area (Å²) in [6, 6.07) is 29.3. The molecule has 4 heteroatoms. The van der Waals surface area contributed by atoms with E-state index in [4.69, 9.17) is 14.2 Å². The molecule has 0 aliphatic heterocycles. The van der Waals surface area contributed by atoms with Gasteiger partial charge in [0.15, 0.2) is 6.79 Å². The molecule has 1 aliphatic carbocycles. The number of carbonyl (C=O) groups excluding carboxylic acids is 1. The van der Waals surface area contributed by atoms with Gasteiger partial charge in [0.2, 0.25) is 0 Å². The molecule has 4 aromatic carbocycles. The largest absolute Gasteiger partial charge is 0.467 e. The Hall–Kier alpha value is -3.89. The number of hydrogen-bond acceptors (Lipinski definition) is 4. The van der Waals surface area contributed by atoms with Gasteiger partial charge in [0.25, 0.3) is 0 Å². The van der Waals surface area contributed by atoms with Gasteiger partial charge < -0.3 is 14.2 Å². The van der Waals surface area contributed by atoms with E-state index in [1.807, 2.05) is 37.3 Å². The molecule has 0 N–H and O–H groups in total. The second kappa shape index (κ2) is 11.5. The van der Waals surface area contributed by atoms with Gasteiger partial charge in [0, 0.05) is 12.7 Å². The maximum atomic E-state index is 12.2. The first-order chi connectivity index (χ1) is 19.6. The van der Waals surface area contributed by atoms with Crippen LogP contribution in [0.3, 0.4) is 0 Å². The highest BCUT2D eigenvalue weighted by molar-refractivity contribution is 5.92. The SMILES string of the molecule is CCOC(=O)c1ccc(-c2ccc(-c3ccccc3)c(-c3cc4c(cc3OCOC)C(C)(C)CCC4(C)C)c2)cc1. The minimum atomic E-state index is -0.307. The van der Waals surface area contributed by atoms with Crippen LogP contribution < -0.4 is 4.74 Å². The first-order valence-corrected chi connectivity index (χ1v) is 14.4. The molecule has 0 saturated heterocycles. The van der Waals surface area contributed by atoms with Crippen molar-refractivity contribution in [3.8, 4) is 39.1 Å². The number of hydrogen-bond donors (Lipinski definition) is 0. The van der Waals surface area contributed by atoms with Gasteiger partial charge in [0.05, 0.1) is 12.2 Å². The van der Waals surface area contributed by atoms with Gasteiger partial charge in [-0.05, 0) is 99.9 Å². The van der Waals surface area contributed by atoms with Crippen molar-refractivity contribution in [3.63, 3.8) is 0 Å². The zero-order valence-corrected chi connectivity index (χ0v) is 25.0. The van der Waals surface area contributed by atoms with E-state index in [9.17, 15) is 4.79 Å². The van der Waals surface area contributed by atoms with E-state index in [1.165, 1.54) is 11.1 Å². The average Bonchev–Trinajstić information content (AvgIpc) is 2.98. The first kappa shape index (κ1) is 28.6. The lowest BCUT2D eigenvalue weighted by molar-refractivity contribution is 0.0512. The van der Waals surface area contributed by atoms with Crippen LogP contribution in [0.5, 0.6) is 5.75 Å². The topological polar surface area (TPSA) is 44.8 Å². The summed E-state index contributed by atoms with van der Waals surface area (Å²) in [6.07, 6.45) is 2.26. The smallest absolute Gasteiger partial charge is 0.338 e. The second-order valence-corrected chi connectivity index (χ2v) is 12.1. The monoisotopic (exact) mass is 548 g/mol. The van der Waals surface area contributed by atoms with Crippen LogP contribution in [-0.2, 0) is 20.3 Å². The molecule has 0 atom stereocenters. The lowest BCUT2D eigenvalue weighted by Crippen LogP contribution is -2.34. The lowest BCUT2D eigenvalue weighted by Gasteiger charge is -2.42. The van der Waals surface area contributed by atoms with Crippen molar-refractivity contribution in [1.29, 1.82) is 0 Å². The van der Waals surface area contributed by atoms with Crippen LogP contribution >= 0.6 is 0 Å². The normalized spacial score (nSPS) is 15.2. The van der Waals surface area contributed by atoms with Crippen molar-refractivity contribution in [1.82, 2.24) is 0 Å². The zero-order chi connectivity index (χ0) is 29.2. The predicted molar refractivity (Wildman–Crippen MR) is 166 cm³/mol. The lowest BCUT2D eigenvalue weighted by atomic mass is 9.62. The highest BCUT2D eigenvalue weighted by atomic mass is 16.7. The summed E-state index contributed by atoms with van der Waals surface area (Å²) in [6.45, 7) is 11.7. The molecule has 0 spiro atoms. The van der Waals surface area contributed by atoms with Gasteiger partial charge in [-0.25, -0.2) is 4.79 Å². The number of fused-ring (bicyclic) bond motifs is 1. The third kappa shape index (κ3) is 5.80. The second-order valence-electron chi connectivity index (χ2n) is 12.1. The Morgan fingerprint density at radius 2 is 1.34 bits per heavy atom. The fraction of sp³-hybridized carbons (Fsp3) is 0.324. The molecular weight excluding hydrogens is 508 g/mol. The van der Waals surface area contributed by atoms with Crippen molar-refractivity contribution < 1.29 is 19.0 Å². The summed E-state index contributed by atoms with van der Waals surface area (Å²) in [7, 11) is 1.65. The van der Waals surface area contributed by atoms with Gasteiger partial charge in [-0.15, -0.1) is 0 Å². The Morgan fingerprint density at radius 1 is 0.707 bits per heavy atom. The summed E-state index contributed by atoms with van der Waals surface area (Å²) < 4.78 is 16.8. The average molecular weight is 549 g/mol. The van der Waals surface area contributed by atoms with Crippen molar-refractivity contribution in [2.45, 2.75) is 58.3 Å². The van der Waals surface area contributed by atoms with E-state index in [1.54, 1.807) is 7.11 Å². The van der Waals surface area contributed by atoms with Crippen LogP contribution in [0.1, 0.15) is 68.9 Å². The van der Waals surface area contributed by atoms with E-state index >= 15 is 0 Å². The van der Waals surface area contributed by atoms with Gasteiger partial charge in [-0.1, -0.05) is 82.3 Å². The summed E-state index contributed by atoms with van der Waals surface area (Å²) in [5.41, 5.74) is 9.87. The number of ether oxygens (including phenoxy) is 3. The third-order valence-electron chi connectivity index (χ3n) is 8.41. The molecule has 212 valence electrons. The molecule has 0 aromatic heterocycles. The summed E-state index contributed by atoms with van der Waals surface area (Å²) in [5.74, 6) is 0.516. The Labute approximate surface area is 244 Å². The number of carbonyl (C=O) groups is 1. The van der Waals surface area contributed by atoms with Gasteiger partial charge in [0.1, 0.15) is 5.75 Å². The minimum absolute atomic E-state index is 0.0485. The minimum Gasteiger partial charge on any atom is -0.467 e. The molecule has 1 aliphatic rings. The van der Waals surface area contributed by atoms with Crippen LogP contribution in [0.2, 0.25) is 0 Å². The maximum absolute atomic E-state index is 12.2. The van der Waals surface area contributed by atoms with Crippen molar-refractivity contribution >= 4 is 5.97 Å². The van der Waals surface area contributed by atoms with Gasteiger partial charge >= 0.3 is 5.97 Å². The van der Waals surface area contributed by atoms with E-state index < -0.39 is 0 Å². The van der Waals surface area contributed by atoms with Gasteiger partial charge in [-0.2, -0.15) is 0 Å². The summed E-state index contributed by atoms with van der Waals surface area (Å²) in [4.78, 5) is 12.2. The number of benzene rings is 4. The van der Waals surface area contributed by atoms with Gasteiger partial charge in [-0.3, -0.25) is 0 Å². The van der Waals surface area contributed by atoms with E-state index in [0.29, 0.717) is 12.2 Å². The third-order valence-corrected chi connectivity index (χ3v) is 8.41. The van der Waals surface area contributed by atoms with Crippen LogP contribution in [0.4, 0.5) is 0 Å². The Bertz CT molecular complexity index is 1530. The van der Waals surface area contributed by atoms with Crippen LogP contribution in [0, 0.1) is 0 Å². The highest BCUT2D eigenvalue weighted by Crippen LogP contribution is 2.50. The first-order valence-electron chi connectivity index (χ1n) is 14.4. The molecule has 0 saturated carbocycles. The Kier molecular flexibility index (Phi) is 8.06.